The lowest BCUT2D eigenvalue weighted by molar-refractivity contribution is 0.102. The van der Waals surface area contributed by atoms with Crippen LogP contribution in [0.1, 0.15) is 16.1 Å². The summed E-state index contributed by atoms with van der Waals surface area (Å²) in [4.78, 5) is 15.6. The van der Waals surface area contributed by atoms with Gasteiger partial charge < -0.3 is 5.32 Å². The van der Waals surface area contributed by atoms with Crippen molar-refractivity contribution < 1.29 is 9.18 Å². The first kappa shape index (κ1) is 11.7. The molecule has 1 aromatic carbocycles. The van der Waals surface area contributed by atoms with E-state index in [2.05, 4.69) is 10.3 Å². The maximum Gasteiger partial charge on any atom is 0.274 e. The number of carbonyl (C=O) groups is 1. The smallest absolute Gasteiger partial charge is 0.274 e. The molecule has 0 aliphatic heterocycles. The van der Waals surface area contributed by atoms with Crippen LogP contribution >= 0.6 is 0 Å². The second-order valence-corrected chi connectivity index (χ2v) is 3.48. The van der Waals surface area contributed by atoms with Crippen LogP contribution in [0, 0.1) is 17.1 Å². The third-order valence-electron chi connectivity index (χ3n) is 2.24. The molecule has 1 aromatic heterocycles. The lowest BCUT2D eigenvalue weighted by Crippen LogP contribution is -2.14. The maximum absolute atomic E-state index is 13.5. The molecular weight excluding hydrogens is 233 g/mol. The Hall–Kier alpha value is -2.74. The SMILES string of the molecule is N#Cc1ccc(NC(=O)c2ccccn2)c(F)c1. The van der Waals surface area contributed by atoms with Gasteiger partial charge in [-0.25, -0.2) is 4.39 Å². The van der Waals surface area contributed by atoms with Crippen molar-refractivity contribution in [3.63, 3.8) is 0 Å². The van der Waals surface area contributed by atoms with Gasteiger partial charge in [-0.2, -0.15) is 5.26 Å². The number of nitrogens with one attached hydrogen (secondary N) is 1. The summed E-state index contributed by atoms with van der Waals surface area (Å²) in [6.45, 7) is 0. The third-order valence-corrected chi connectivity index (χ3v) is 2.24. The number of hydrogen-bond donors (Lipinski definition) is 1. The minimum absolute atomic E-state index is 0.0182. The fourth-order valence-corrected chi connectivity index (χ4v) is 1.37. The van der Waals surface area contributed by atoms with E-state index in [0.29, 0.717) is 0 Å². The van der Waals surface area contributed by atoms with Crippen LogP contribution in [0.4, 0.5) is 10.1 Å². The average Bonchev–Trinajstić information content (AvgIpc) is 2.42. The third kappa shape index (κ3) is 2.50. The standard InChI is InChI=1S/C13H8FN3O/c14-10-7-9(8-15)4-5-11(10)17-13(18)12-3-1-2-6-16-12/h1-7H,(H,17,18). The number of amides is 1. The van der Waals surface area contributed by atoms with Crippen LogP contribution in [0.5, 0.6) is 0 Å². The van der Waals surface area contributed by atoms with Crippen molar-refractivity contribution in [2.75, 3.05) is 5.32 Å². The highest BCUT2D eigenvalue weighted by Crippen LogP contribution is 2.16. The number of hydrogen-bond acceptors (Lipinski definition) is 3. The van der Waals surface area contributed by atoms with Crippen LogP contribution in [0.2, 0.25) is 0 Å². The van der Waals surface area contributed by atoms with Crippen LogP contribution in [-0.4, -0.2) is 10.9 Å². The van der Waals surface area contributed by atoms with Gasteiger partial charge in [0.1, 0.15) is 11.5 Å². The summed E-state index contributed by atoms with van der Waals surface area (Å²) < 4.78 is 13.5. The maximum atomic E-state index is 13.5. The minimum atomic E-state index is -0.654. The van der Waals surface area contributed by atoms with Gasteiger partial charge in [0.2, 0.25) is 0 Å². The quantitative estimate of drug-likeness (QED) is 0.877. The summed E-state index contributed by atoms with van der Waals surface area (Å²) in [5, 5.41) is 11.0. The normalized spacial score (nSPS) is 9.56. The molecule has 0 radical (unpaired) electrons. The first-order chi connectivity index (χ1) is 8.70. The van der Waals surface area contributed by atoms with Crippen molar-refractivity contribution in [2.24, 2.45) is 0 Å². The molecule has 88 valence electrons. The van der Waals surface area contributed by atoms with E-state index in [9.17, 15) is 9.18 Å². The highest BCUT2D eigenvalue weighted by atomic mass is 19.1. The summed E-state index contributed by atoms with van der Waals surface area (Å²) >= 11 is 0. The Labute approximate surface area is 103 Å². The molecule has 1 amide bonds. The van der Waals surface area contributed by atoms with Gasteiger partial charge in [-0.15, -0.1) is 0 Å². The molecule has 4 nitrogen and oxygen atoms in total. The second kappa shape index (κ2) is 5.06. The zero-order valence-corrected chi connectivity index (χ0v) is 9.22. The van der Waals surface area contributed by atoms with Crippen LogP contribution in [0.3, 0.4) is 0 Å². The molecule has 0 unspecified atom stereocenters. The molecule has 2 aromatic rings. The van der Waals surface area contributed by atoms with E-state index in [1.807, 2.05) is 6.07 Å². The number of carbonyl (C=O) groups excluding carboxylic acids is 1. The highest BCUT2D eigenvalue weighted by molar-refractivity contribution is 6.02. The second-order valence-electron chi connectivity index (χ2n) is 3.48. The Morgan fingerprint density at radius 1 is 1.33 bits per heavy atom. The summed E-state index contributed by atoms with van der Waals surface area (Å²) in [6, 6.07) is 10.5. The van der Waals surface area contributed by atoms with Crippen LogP contribution < -0.4 is 5.32 Å². The van der Waals surface area contributed by atoms with E-state index >= 15 is 0 Å². The lowest BCUT2D eigenvalue weighted by atomic mass is 10.2. The van der Waals surface area contributed by atoms with Crippen LogP contribution in [0.25, 0.3) is 0 Å². The van der Waals surface area contributed by atoms with Crippen molar-refractivity contribution in [1.82, 2.24) is 4.98 Å². The summed E-state index contributed by atoms with van der Waals surface area (Å²) in [6.07, 6.45) is 1.48. The number of nitriles is 1. The molecule has 0 saturated carbocycles. The molecule has 18 heavy (non-hydrogen) atoms. The van der Waals surface area contributed by atoms with Crippen LogP contribution in [0.15, 0.2) is 42.6 Å². The van der Waals surface area contributed by atoms with Crippen molar-refractivity contribution >= 4 is 11.6 Å². The summed E-state index contributed by atoms with van der Waals surface area (Å²) in [7, 11) is 0. The first-order valence-corrected chi connectivity index (χ1v) is 5.13. The van der Waals surface area contributed by atoms with Gasteiger partial charge in [-0.3, -0.25) is 9.78 Å². The van der Waals surface area contributed by atoms with E-state index < -0.39 is 11.7 Å². The molecule has 0 spiro atoms. The molecule has 2 rings (SSSR count). The topological polar surface area (TPSA) is 65.8 Å². The average molecular weight is 241 g/mol. The molecule has 1 N–H and O–H groups in total. The fraction of sp³-hybridized carbons (Fsp3) is 0. The summed E-state index contributed by atoms with van der Waals surface area (Å²) in [5.74, 6) is -1.16. The Morgan fingerprint density at radius 3 is 2.78 bits per heavy atom. The fourth-order valence-electron chi connectivity index (χ4n) is 1.37. The monoisotopic (exact) mass is 241 g/mol. The molecule has 0 bridgehead atoms. The van der Waals surface area contributed by atoms with Gasteiger partial charge >= 0.3 is 0 Å². The number of rotatable bonds is 2. The van der Waals surface area contributed by atoms with E-state index in [0.717, 1.165) is 6.07 Å². The lowest BCUT2D eigenvalue weighted by Gasteiger charge is -2.05. The van der Waals surface area contributed by atoms with Crippen LogP contribution in [-0.2, 0) is 0 Å². The van der Waals surface area contributed by atoms with Crippen molar-refractivity contribution in [1.29, 1.82) is 5.26 Å². The highest BCUT2D eigenvalue weighted by Gasteiger charge is 2.10. The predicted molar refractivity (Wildman–Crippen MR) is 63.3 cm³/mol. The van der Waals surface area contributed by atoms with E-state index in [1.165, 1.54) is 24.4 Å². The Kier molecular flexibility index (Phi) is 3.30. The summed E-state index contributed by atoms with van der Waals surface area (Å²) in [5.41, 5.74) is 0.411. The molecule has 5 heteroatoms. The molecule has 0 fully saturated rings. The Bertz CT molecular complexity index is 620. The van der Waals surface area contributed by atoms with Gasteiger partial charge in [-0.1, -0.05) is 6.07 Å². The Morgan fingerprint density at radius 2 is 2.17 bits per heavy atom. The van der Waals surface area contributed by atoms with Gasteiger partial charge in [0.25, 0.3) is 5.91 Å². The number of anilines is 1. The molecule has 0 aliphatic rings. The number of nitrogens with zero attached hydrogens (tertiary/aromatic N) is 2. The molecule has 1 heterocycles. The number of halogens is 1. The van der Waals surface area contributed by atoms with Gasteiger partial charge in [0.15, 0.2) is 0 Å². The molecule has 0 atom stereocenters. The van der Waals surface area contributed by atoms with E-state index in [4.69, 9.17) is 5.26 Å². The predicted octanol–water partition coefficient (Wildman–Crippen LogP) is 2.34. The van der Waals surface area contributed by atoms with Gasteiger partial charge in [0.05, 0.1) is 17.3 Å². The van der Waals surface area contributed by atoms with Gasteiger partial charge in [0, 0.05) is 6.20 Å². The first-order valence-electron chi connectivity index (χ1n) is 5.13. The number of benzene rings is 1. The largest absolute Gasteiger partial charge is 0.318 e. The number of pyridine rings is 1. The van der Waals surface area contributed by atoms with Crippen molar-refractivity contribution in [3.8, 4) is 6.07 Å². The Balaban J connectivity index is 2.20. The number of aromatic nitrogens is 1. The van der Waals surface area contributed by atoms with Gasteiger partial charge in [-0.05, 0) is 30.3 Å². The van der Waals surface area contributed by atoms with Crippen molar-refractivity contribution in [2.45, 2.75) is 0 Å². The zero-order chi connectivity index (χ0) is 13.0. The molecule has 0 saturated heterocycles. The van der Waals surface area contributed by atoms with E-state index in [-0.39, 0.29) is 16.9 Å². The molecular formula is C13H8FN3O. The van der Waals surface area contributed by atoms with Crippen molar-refractivity contribution in [3.05, 3.63) is 59.7 Å². The molecule has 0 aliphatic carbocycles. The zero-order valence-electron chi connectivity index (χ0n) is 9.22. The van der Waals surface area contributed by atoms with E-state index in [1.54, 1.807) is 12.1 Å². The minimum Gasteiger partial charge on any atom is -0.318 e.